The first-order valence-corrected chi connectivity index (χ1v) is 16.7. The highest BCUT2D eigenvalue weighted by Gasteiger charge is 2.22. The van der Waals surface area contributed by atoms with E-state index in [9.17, 15) is 19.2 Å². The zero-order valence-corrected chi connectivity index (χ0v) is 27.5. The lowest BCUT2D eigenvalue weighted by atomic mass is 9.99. The van der Waals surface area contributed by atoms with Crippen LogP contribution in [0.2, 0.25) is 0 Å². The molecule has 1 atom stereocenters. The minimum Gasteiger partial charge on any atom is -0.379 e. The molecule has 0 heterocycles. The molecule has 0 aromatic rings. The molecule has 0 rings (SSSR count). The van der Waals surface area contributed by atoms with Gasteiger partial charge in [0, 0.05) is 38.6 Å². The van der Waals surface area contributed by atoms with Crippen molar-refractivity contribution in [2.75, 3.05) is 72.5 Å². The van der Waals surface area contributed by atoms with Gasteiger partial charge in [0.25, 0.3) is 0 Å². The molecule has 0 radical (unpaired) electrons. The average molecular weight is 641 g/mol. The number of terminal acetylenes is 1. The molecule has 0 aliphatic carbocycles. The smallest absolute Gasteiger partial charge is 0.222 e. The van der Waals surface area contributed by atoms with E-state index >= 15 is 0 Å². The van der Waals surface area contributed by atoms with E-state index < -0.39 is 6.04 Å². The Morgan fingerprint density at radius 3 is 1.78 bits per heavy atom. The Hall–Kier alpha value is -2.40. The normalized spacial score (nSPS) is 11.6. The SMILES string of the molecule is C#CCOCCOCCOCCOCCC(=O)N[C@H](CCC(=O)CCCCCCCN)C(=O)CCC(=O)NCCCCCCN. The van der Waals surface area contributed by atoms with Gasteiger partial charge in [0.15, 0.2) is 5.78 Å². The second-order valence-corrected chi connectivity index (χ2v) is 10.9. The fraction of sp³-hybridized carbons (Fsp3) is 0.818. The topological polar surface area (TPSA) is 181 Å². The summed E-state index contributed by atoms with van der Waals surface area (Å²) in [7, 11) is 0. The van der Waals surface area contributed by atoms with Crippen molar-refractivity contribution >= 4 is 23.4 Å². The van der Waals surface area contributed by atoms with Crippen molar-refractivity contribution in [2.45, 2.75) is 102 Å². The molecule has 0 bridgehead atoms. The van der Waals surface area contributed by atoms with Crippen molar-refractivity contribution in [3.63, 3.8) is 0 Å². The number of Topliss-reactive ketones (excluding diaryl/α,β-unsaturated/α-hetero) is 2. The van der Waals surface area contributed by atoms with Crippen molar-refractivity contribution in [2.24, 2.45) is 11.5 Å². The molecule has 2 amide bonds. The van der Waals surface area contributed by atoms with Crippen LogP contribution in [0, 0.1) is 12.3 Å². The fourth-order valence-corrected chi connectivity index (χ4v) is 4.31. The number of hydrogen-bond donors (Lipinski definition) is 4. The van der Waals surface area contributed by atoms with Crippen LogP contribution in [0.25, 0.3) is 0 Å². The van der Waals surface area contributed by atoms with Crippen LogP contribution in [0.15, 0.2) is 0 Å². The number of amides is 2. The maximum atomic E-state index is 13.0. The van der Waals surface area contributed by atoms with Crippen LogP contribution in [0.1, 0.15) is 96.3 Å². The summed E-state index contributed by atoms with van der Waals surface area (Å²) < 4.78 is 21.3. The van der Waals surface area contributed by atoms with Gasteiger partial charge in [0.05, 0.1) is 52.3 Å². The van der Waals surface area contributed by atoms with E-state index in [1.54, 1.807) is 0 Å². The zero-order chi connectivity index (χ0) is 33.2. The van der Waals surface area contributed by atoms with Gasteiger partial charge < -0.3 is 41.0 Å². The molecule has 45 heavy (non-hydrogen) atoms. The number of nitrogens with one attached hydrogen (secondary N) is 2. The van der Waals surface area contributed by atoms with Gasteiger partial charge in [-0.15, -0.1) is 6.42 Å². The lowest BCUT2D eigenvalue weighted by Crippen LogP contribution is -2.42. The van der Waals surface area contributed by atoms with Crippen molar-refractivity contribution in [1.29, 1.82) is 0 Å². The maximum absolute atomic E-state index is 13.0. The molecule has 6 N–H and O–H groups in total. The summed E-state index contributed by atoms with van der Waals surface area (Å²) in [6, 6.07) is -0.824. The summed E-state index contributed by atoms with van der Waals surface area (Å²) >= 11 is 0. The molecule has 0 unspecified atom stereocenters. The monoisotopic (exact) mass is 640 g/mol. The Kier molecular flexibility index (Phi) is 31.2. The molecule has 12 heteroatoms. The first kappa shape index (κ1) is 42.6. The maximum Gasteiger partial charge on any atom is 0.222 e. The highest BCUT2D eigenvalue weighted by Crippen LogP contribution is 2.10. The Bertz CT molecular complexity index is 806. The molecule has 0 saturated heterocycles. The lowest BCUT2D eigenvalue weighted by Gasteiger charge is -2.18. The first-order chi connectivity index (χ1) is 21.9. The van der Waals surface area contributed by atoms with Gasteiger partial charge in [-0.05, 0) is 45.2 Å². The van der Waals surface area contributed by atoms with E-state index in [4.69, 9.17) is 36.8 Å². The number of unbranched alkanes of at least 4 members (excludes halogenated alkanes) is 7. The van der Waals surface area contributed by atoms with Crippen LogP contribution < -0.4 is 22.1 Å². The van der Waals surface area contributed by atoms with E-state index in [1.165, 1.54) is 0 Å². The summed E-state index contributed by atoms with van der Waals surface area (Å²) in [6.45, 7) is 4.68. The van der Waals surface area contributed by atoms with E-state index in [1.807, 2.05) is 0 Å². The van der Waals surface area contributed by atoms with Gasteiger partial charge in [-0.3, -0.25) is 19.2 Å². The lowest BCUT2D eigenvalue weighted by molar-refractivity contribution is -0.130. The number of nitrogens with two attached hydrogens (primary N) is 2. The molecule has 0 aliphatic rings. The van der Waals surface area contributed by atoms with Crippen molar-refractivity contribution in [3.05, 3.63) is 0 Å². The number of ether oxygens (including phenoxy) is 4. The van der Waals surface area contributed by atoms with Crippen molar-refractivity contribution in [1.82, 2.24) is 10.6 Å². The number of hydrogen-bond acceptors (Lipinski definition) is 10. The Morgan fingerprint density at radius 2 is 1.16 bits per heavy atom. The Balaban J connectivity index is 4.43. The van der Waals surface area contributed by atoms with Crippen LogP contribution in [-0.2, 0) is 38.1 Å². The third-order valence-electron chi connectivity index (χ3n) is 6.92. The second kappa shape index (κ2) is 33.0. The molecule has 12 nitrogen and oxygen atoms in total. The van der Waals surface area contributed by atoms with Crippen LogP contribution in [0.4, 0.5) is 0 Å². The van der Waals surface area contributed by atoms with E-state index in [2.05, 4.69) is 16.6 Å². The molecular formula is C33H60N4O8. The molecule has 0 aliphatic heterocycles. The van der Waals surface area contributed by atoms with E-state index in [0.717, 1.165) is 57.8 Å². The van der Waals surface area contributed by atoms with Gasteiger partial charge in [-0.2, -0.15) is 0 Å². The third-order valence-corrected chi connectivity index (χ3v) is 6.92. The summed E-state index contributed by atoms with van der Waals surface area (Å²) in [4.78, 5) is 50.3. The van der Waals surface area contributed by atoms with Crippen LogP contribution in [-0.4, -0.2) is 102 Å². The molecule has 0 saturated carbocycles. The molecule has 0 spiro atoms. The Labute approximate surface area is 270 Å². The number of ketones is 2. The number of carbonyl (C=O) groups is 4. The van der Waals surface area contributed by atoms with E-state index in [0.29, 0.717) is 65.7 Å². The predicted molar refractivity (Wildman–Crippen MR) is 174 cm³/mol. The van der Waals surface area contributed by atoms with E-state index in [-0.39, 0.29) is 68.7 Å². The van der Waals surface area contributed by atoms with Crippen LogP contribution in [0.3, 0.4) is 0 Å². The zero-order valence-electron chi connectivity index (χ0n) is 27.5. The highest BCUT2D eigenvalue weighted by atomic mass is 16.6. The largest absolute Gasteiger partial charge is 0.379 e. The van der Waals surface area contributed by atoms with Crippen LogP contribution >= 0.6 is 0 Å². The average Bonchev–Trinajstić information content (AvgIpc) is 3.03. The second-order valence-electron chi connectivity index (χ2n) is 10.9. The van der Waals surface area contributed by atoms with Gasteiger partial charge >= 0.3 is 0 Å². The van der Waals surface area contributed by atoms with Crippen molar-refractivity contribution in [3.8, 4) is 12.3 Å². The summed E-state index contributed by atoms with van der Waals surface area (Å²) in [5.41, 5.74) is 11.0. The summed E-state index contributed by atoms with van der Waals surface area (Å²) in [5, 5.41) is 5.60. The number of carbonyl (C=O) groups excluding carboxylic acids is 4. The molecular weight excluding hydrogens is 580 g/mol. The van der Waals surface area contributed by atoms with Crippen molar-refractivity contribution < 1.29 is 38.1 Å². The summed E-state index contributed by atoms with van der Waals surface area (Å²) in [6.07, 6.45) is 14.8. The summed E-state index contributed by atoms with van der Waals surface area (Å²) in [5.74, 6) is 1.65. The first-order valence-electron chi connectivity index (χ1n) is 16.7. The van der Waals surface area contributed by atoms with Gasteiger partial charge in [0.1, 0.15) is 12.4 Å². The molecule has 0 aromatic heterocycles. The standard InChI is InChI=1S/C33H60N4O8/c1-2-21-42-23-25-44-27-28-45-26-24-43-22-17-33(41)37-30(14-13-29(38)12-8-4-3-5-9-18-34)31(39)15-16-32(40)36-20-11-7-6-10-19-35/h1,30H,3-28,34-35H2,(H,36,40)(H,37,41)/t30-/m1/s1. The Morgan fingerprint density at radius 1 is 0.600 bits per heavy atom. The molecule has 260 valence electrons. The molecule has 0 aromatic carbocycles. The minimum absolute atomic E-state index is 0.00519. The predicted octanol–water partition coefficient (Wildman–Crippen LogP) is 2.19. The van der Waals surface area contributed by atoms with Gasteiger partial charge in [-0.25, -0.2) is 0 Å². The number of rotatable bonds is 34. The fourth-order valence-electron chi connectivity index (χ4n) is 4.31. The van der Waals surface area contributed by atoms with Gasteiger partial charge in [0.2, 0.25) is 11.8 Å². The molecule has 0 fully saturated rings. The van der Waals surface area contributed by atoms with Crippen LogP contribution in [0.5, 0.6) is 0 Å². The third kappa shape index (κ3) is 30.0. The quantitative estimate of drug-likeness (QED) is 0.0601. The highest BCUT2D eigenvalue weighted by molar-refractivity contribution is 5.92. The van der Waals surface area contributed by atoms with Gasteiger partial charge in [-0.1, -0.05) is 38.0 Å². The minimum atomic E-state index is -0.824.